The van der Waals surface area contributed by atoms with Gasteiger partial charge < -0.3 is 25.2 Å². The summed E-state index contributed by atoms with van der Waals surface area (Å²) in [5.74, 6) is -1.98. The quantitative estimate of drug-likeness (QED) is 0.494. The number of aromatic amines is 1. The molecule has 2 rings (SSSR count). The molecule has 4 atom stereocenters. The molecule has 0 aliphatic carbocycles. The summed E-state index contributed by atoms with van der Waals surface area (Å²) in [6.45, 7) is 7.92. The summed E-state index contributed by atoms with van der Waals surface area (Å²) in [5, 5.41) is 14.3. The number of aliphatic carboxylic acids is 1. The fraction of sp³-hybridized carbons (Fsp3) is 0.611. The third-order valence-corrected chi connectivity index (χ3v) is 4.28. The van der Waals surface area contributed by atoms with Crippen molar-refractivity contribution >= 4 is 18.0 Å². The van der Waals surface area contributed by atoms with Gasteiger partial charge in [-0.15, -0.1) is 0 Å². The van der Waals surface area contributed by atoms with Crippen LogP contribution in [0.4, 0.5) is 4.79 Å². The molecule has 1 fully saturated rings. The zero-order valence-electron chi connectivity index (χ0n) is 17.3. The van der Waals surface area contributed by atoms with Crippen LogP contribution < -0.4 is 21.9 Å². The molecule has 1 aliphatic rings. The Morgan fingerprint density at radius 1 is 1.33 bits per heavy atom. The van der Waals surface area contributed by atoms with Gasteiger partial charge in [-0.25, -0.2) is 14.4 Å². The first kappa shape index (κ1) is 23.1. The molecule has 1 saturated heterocycles. The number of amides is 2. The fourth-order valence-electron chi connectivity index (χ4n) is 2.86. The largest absolute Gasteiger partial charge is 0.479 e. The first-order valence-corrected chi connectivity index (χ1v) is 9.28. The van der Waals surface area contributed by atoms with Crippen LogP contribution in [-0.2, 0) is 19.1 Å². The van der Waals surface area contributed by atoms with Crippen molar-refractivity contribution in [3.8, 4) is 0 Å². The van der Waals surface area contributed by atoms with E-state index in [1.807, 2.05) is 0 Å². The second kappa shape index (κ2) is 8.69. The van der Waals surface area contributed by atoms with Crippen molar-refractivity contribution in [2.75, 3.05) is 0 Å². The topological polar surface area (TPSA) is 169 Å². The minimum Gasteiger partial charge on any atom is -0.479 e. The van der Waals surface area contributed by atoms with Gasteiger partial charge >= 0.3 is 17.8 Å². The number of rotatable bonds is 5. The predicted molar refractivity (Wildman–Crippen MR) is 103 cm³/mol. The first-order chi connectivity index (χ1) is 13.8. The molecule has 2 amide bonds. The van der Waals surface area contributed by atoms with Crippen LogP contribution in [0.25, 0.3) is 0 Å². The number of carbonyl (C=O) groups excluding carboxylic acids is 2. The molecule has 30 heavy (non-hydrogen) atoms. The number of aromatic nitrogens is 2. The minimum absolute atomic E-state index is 0.0345. The first-order valence-electron chi connectivity index (χ1n) is 9.28. The number of carbonyl (C=O) groups is 3. The highest BCUT2D eigenvalue weighted by molar-refractivity contribution is 5.86. The summed E-state index contributed by atoms with van der Waals surface area (Å²) in [5.41, 5.74) is -1.82. The van der Waals surface area contributed by atoms with Crippen molar-refractivity contribution in [1.29, 1.82) is 0 Å². The molecular weight excluding hydrogens is 400 g/mol. The van der Waals surface area contributed by atoms with Crippen LogP contribution in [-0.4, -0.2) is 56.4 Å². The standard InChI is InChI=1S/C18H26N4O8/c1-8-7-22(16(27)21-13(8)23)11-6-10(12(29-11)15(25)26)20-14(24)9(2)19-17(28)30-18(3,4)5/h7,9-12H,6H2,1-5H3,(H,19,28)(H,20,24)(H,25,26)(H,21,23,27)/t9-,10-,11+,12-/m0/s1. The van der Waals surface area contributed by atoms with E-state index < -0.39 is 59.2 Å². The van der Waals surface area contributed by atoms with E-state index >= 15 is 0 Å². The van der Waals surface area contributed by atoms with E-state index in [1.165, 1.54) is 20.0 Å². The lowest BCUT2D eigenvalue weighted by Gasteiger charge is -2.23. The third kappa shape index (κ3) is 5.69. The molecule has 166 valence electrons. The molecule has 0 unspecified atom stereocenters. The monoisotopic (exact) mass is 426 g/mol. The Balaban J connectivity index is 2.11. The zero-order valence-corrected chi connectivity index (χ0v) is 17.3. The normalized spacial score (nSPS) is 22.2. The van der Waals surface area contributed by atoms with Gasteiger partial charge in [0.05, 0.1) is 6.04 Å². The Kier molecular flexibility index (Phi) is 6.70. The zero-order chi connectivity index (χ0) is 22.8. The molecule has 1 aliphatic heterocycles. The number of carboxylic acids is 1. The van der Waals surface area contributed by atoms with E-state index in [-0.39, 0.29) is 12.0 Å². The summed E-state index contributed by atoms with van der Waals surface area (Å²) >= 11 is 0. The number of aryl methyl sites for hydroxylation is 1. The van der Waals surface area contributed by atoms with Gasteiger partial charge in [-0.3, -0.25) is 19.1 Å². The van der Waals surface area contributed by atoms with Gasteiger partial charge in [-0.05, 0) is 34.6 Å². The average Bonchev–Trinajstić information content (AvgIpc) is 3.00. The number of hydrogen-bond donors (Lipinski definition) is 4. The molecule has 0 spiro atoms. The van der Waals surface area contributed by atoms with Crippen LogP contribution in [0.3, 0.4) is 0 Å². The van der Waals surface area contributed by atoms with Crippen LogP contribution in [0.1, 0.15) is 45.9 Å². The van der Waals surface area contributed by atoms with Crippen LogP contribution >= 0.6 is 0 Å². The molecule has 0 saturated carbocycles. The fourth-order valence-corrected chi connectivity index (χ4v) is 2.86. The number of carboxylic acid groups (broad SMARTS) is 1. The number of nitrogens with zero attached hydrogens (tertiary/aromatic N) is 1. The molecule has 12 heteroatoms. The lowest BCUT2D eigenvalue weighted by Crippen LogP contribution is -2.52. The Morgan fingerprint density at radius 3 is 2.53 bits per heavy atom. The van der Waals surface area contributed by atoms with Crippen molar-refractivity contribution < 1.29 is 29.0 Å². The summed E-state index contributed by atoms with van der Waals surface area (Å²) in [4.78, 5) is 61.5. The Bertz CT molecular complexity index is 945. The summed E-state index contributed by atoms with van der Waals surface area (Å²) in [7, 11) is 0. The smallest absolute Gasteiger partial charge is 0.408 e. The maximum atomic E-state index is 12.4. The molecule has 0 aromatic carbocycles. The van der Waals surface area contributed by atoms with Crippen LogP contribution in [0.5, 0.6) is 0 Å². The molecule has 2 heterocycles. The number of H-pyrrole nitrogens is 1. The van der Waals surface area contributed by atoms with Gasteiger partial charge in [0.15, 0.2) is 6.10 Å². The van der Waals surface area contributed by atoms with Gasteiger partial charge in [-0.2, -0.15) is 0 Å². The van der Waals surface area contributed by atoms with Crippen LogP contribution in [0.15, 0.2) is 15.8 Å². The highest BCUT2D eigenvalue weighted by atomic mass is 16.6. The SMILES string of the molecule is Cc1cn([C@H]2C[C@H](NC(=O)[C@H](C)NC(=O)OC(C)(C)C)[C@@H](C(=O)O)O2)c(=O)[nH]c1=O. The number of hydrogen-bond acceptors (Lipinski definition) is 7. The minimum atomic E-state index is -1.42. The van der Waals surface area contributed by atoms with Crippen LogP contribution in [0, 0.1) is 6.92 Å². The highest BCUT2D eigenvalue weighted by Crippen LogP contribution is 2.28. The number of nitrogens with one attached hydrogen (secondary N) is 3. The van der Waals surface area contributed by atoms with E-state index in [0.29, 0.717) is 0 Å². The van der Waals surface area contributed by atoms with Gasteiger partial charge in [0.25, 0.3) is 5.56 Å². The summed E-state index contributed by atoms with van der Waals surface area (Å²) < 4.78 is 11.6. The molecular formula is C18H26N4O8. The van der Waals surface area contributed by atoms with E-state index in [1.54, 1.807) is 20.8 Å². The highest BCUT2D eigenvalue weighted by Gasteiger charge is 2.42. The Hall–Kier alpha value is -3.15. The van der Waals surface area contributed by atoms with Gasteiger partial charge in [0.1, 0.15) is 17.9 Å². The maximum absolute atomic E-state index is 12.4. The van der Waals surface area contributed by atoms with E-state index in [4.69, 9.17) is 9.47 Å². The van der Waals surface area contributed by atoms with Gasteiger partial charge in [0, 0.05) is 18.2 Å². The predicted octanol–water partition coefficient (Wildman–Crippen LogP) is -0.385. The Morgan fingerprint density at radius 2 is 1.97 bits per heavy atom. The molecule has 12 nitrogen and oxygen atoms in total. The van der Waals surface area contributed by atoms with Gasteiger partial charge in [-0.1, -0.05) is 0 Å². The molecule has 0 radical (unpaired) electrons. The van der Waals surface area contributed by atoms with Crippen molar-refractivity contribution in [3.63, 3.8) is 0 Å². The second-order valence-corrected chi connectivity index (χ2v) is 8.05. The maximum Gasteiger partial charge on any atom is 0.408 e. The molecule has 1 aromatic rings. The van der Waals surface area contributed by atoms with Crippen molar-refractivity contribution in [3.05, 3.63) is 32.6 Å². The summed E-state index contributed by atoms with van der Waals surface area (Å²) in [6, 6.07) is -1.98. The van der Waals surface area contributed by atoms with Crippen molar-refractivity contribution in [1.82, 2.24) is 20.2 Å². The van der Waals surface area contributed by atoms with E-state index in [0.717, 1.165) is 4.57 Å². The van der Waals surface area contributed by atoms with Crippen LogP contribution in [0.2, 0.25) is 0 Å². The third-order valence-electron chi connectivity index (χ3n) is 4.28. The Labute approximate surface area is 171 Å². The number of ether oxygens (including phenoxy) is 2. The van der Waals surface area contributed by atoms with E-state index in [2.05, 4.69) is 15.6 Å². The molecule has 0 bridgehead atoms. The summed E-state index contributed by atoms with van der Waals surface area (Å²) in [6.07, 6.45) is -1.99. The lowest BCUT2D eigenvalue weighted by molar-refractivity contribution is -0.152. The molecule has 1 aromatic heterocycles. The van der Waals surface area contributed by atoms with E-state index in [9.17, 15) is 29.1 Å². The lowest BCUT2D eigenvalue weighted by atomic mass is 10.1. The average molecular weight is 426 g/mol. The molecule has 4 N–H and O–H groups in total. The van der Waals surface area contributed by atoms with Gasteiger partial charge in [0.2, 0.25) is 5.91 Å². The second-order valence-electron chi connectivity index (χ2n) is 8.05. The number of alkyl carbamates (subject to hydrolysis) is 1. The van der Waals surface area contributed by atoms with Crippen molar-refractivity contribution in [2.45, 2.75) is 71.1 Å². The van der Waals surface area contributed by atoms with Crippen molar-refractivity contribution in [2.24, 2.45) is 0 Å².